The number of ketones is 1. The number of aliphatic hydroxyl groups excluding tert-OH is 2. The average molecular weight is 574 g/mol. The Morgan fingerprint density at radius 1 is 1.17 bits per heavy atom. The number of aromatic nitrogens is 4. The quantitative estimate of drug-likeness (QED) is 0.330. The number of carbonyl (C=O) groups excluding carboxylic acids is 3. The topological polar surface area (TPSA) is 195 Å². The van der Waals surface area contributed by atoms with Crippen LogP contribution in [0.3, 0.4) is 0 Å². The Bertz CT molecular complexity index is 1260. The number of rotatable bonds is 9. The standard InChI is InChI=1S/C27H39N7O7/c1-2-29-25(38)22-20(36)21(37)26(41-22)34-14-30-19-23(28)31-18(32-24(19)34)5-3-4-15-8-10-33(11-9-15)27(39)40-13-16-6-7-17(35)12-16/h14-16,20-22,26,36-37H,2-13H2,1H3,(H,29,38)(H2,28,31,32)/t16?,20?,21-,22-,26+/m0/s1. The van der Waals surface area contributed by atoms with E-state index < -0.39 is 30.4 Å². The molecular weight excluding hydrogens is 534 g/mol. The summed E-state index contributed by atoms with van der Waals surface area (Å²) in [7, 11) is 0. The molecule has 2 aromatic heterocycles. The number of Topliss-reactive ketones (excluding diaryl/α,β-unsaturated/α-hetero) is 1. The normalized spacial score (nSPS) is 27.0. The lowest BCUT2D eigenvalue weighted by atomic mass is 9.91. The molecule has 5 N–H and O–H groups in total. The lowest BCUT2D eigenvalue weighted by Crippen LogP contribution is -2.42. The molecule has 41 heavy (non-hydrogen) atoms. The zero-order valence-electron chi connectivity index (χ0n) is 23.3. The van der Waals surface area contributed by atoms with Crippen LogP contribution in [-0.2, 0) is 25.5 Å². The van der Waals surface area contributed by atoms with Crippen LogP contribution in [0.4, 0.5) is 10.6 Å². The number of nitrogens with one attached hydrogen (secondary N) is 1. The predicted octanol–water partition coefficient (Wildman–Crippen LogP) is 0.704. The zero-order valence-corrected chi connectivity index (χ0v) is 23.3. The Morgan fingerprint density at radius 3 is 2.66 bits per heavy atom. The number of anilines is 1. The summed E-state index contributed by atoms with van der Waals surface area (Å²) < 4.78 is 12.7. The van der Waals surface area contributed by atoms with Crippen molar-refractivity contribution < 1.29 is 34.1 Å². The lowest BCUT2D eigenvalue weighted by molar-refractivity contribution is -0.137. The fourth-order valence-corrected chi connectivity index (χ4v) is 5.93. The molecule has 0 radical (unpaired) electrons. The van der Waals surface area contributed by atoms with Gasteiger partial charge in [-0.05, 0) is 44.9 Å². The molecule has 0 aromatic carbocycles. The minimum atomic E-state index is -1.41. The van der Waals surface area contributed by atoms with E-state index >= 15 is 0 Å². The van der Waals surface area contributed by atoms with E-state index in [1.807, 2.05) is 0 Å². The van der Waals surface area contributed by atoms with E-state index in [0.717, 1.165) is 32.1 Å². The highest BCUT2D eigenvalue weighted by Crippen LogP contribution is 2.32. The zero-order chi connectivity index (χ0) is 29.1. The van der Waals surface area contributed by atoms with Crippen molar-refractivity contribution in [3.63, 3.8) is 0 Å². The number of carbonyl (C=O) groups is 3. The van der Waals surface area contributed by atoms with Gasteiger partial charge in [-0.3, -0.25) is 14.2 Å². The number of imidazole rings is 1. The van der Waals surface area contributed by atoms with E-state index in [0.29, 0.717) is 68.4 Å². The number of aryl methyl sites for hydroxylation is 1. The Balaban J connectivity index is 1.13. The van der Waals surface area contributed by atoms with Crippen LogP contribution < -0.4 is 11.1 Å². The Hall–Kier alpha value is -3.36. The number of nitrogens with two attached hydrogens (primary N) is 1. The number of likely N-dealkylation sites (N-methyl/N-ethyl adjacent to an activating group) is 1. The molecule has 2 aliphatic heterocycles. The van der Waals surface area contributed by atoms with Crippen molar-refractivity contribution in [1.82, 2.24) is 29.7 Å². The molecule has 14 nitrogen and oxygen atoms in total. The van der Waals surface area contributed by atoms with Crippen LogP contribution in [0, 0.1) is 11.8 Å². The highest BCUT2D eigenvalue weighted by Gasteiger charge is 2.47. The molecular formula is C27H39N7O7. The number of nitrogens with zero attached hydrogens (tertiary/aromatic N) is 5. The molecule has 0 spiro atoms. The molecule has 2 amide bonds. The lowest BCUT2D eigenvalue weighted by Gasteiger charge is -2.31. The number of aliphatic hydroxyl groups is 2. The van der Waals surface area contributed by atoms with E-state index in [-0.39, 0.29) is 23.6 Å². The second-order valence-corrected chi connectivity index (χ2v) is 11.2. The summed E-state index contributed by atoms with van der Waals surface area (Å²) >= 11 is 0. The van der Waals surface area contributed by atoms with E-state index in [4.69, 9.17) is 15.2 Å². The Labute approximate surface area is 237 Å². The van der Waals surface area contributed by atoms with Gasteiger partial charge in [-0.15, -0.1) is 0 Å². The summed E-state index contributed by atoms with van der Waals surface area (Å²) in [4.78, 5) is 51.1. The third-order valence-electron chi connectivity index (χ3n) is 8.29. The van der Waals surface area contributed by atoms with Gasteiger partial charge in [0.1, 0.15) is 29.3 Å². The fourth-order valence-electron chi connectivity index (χ4n) is 5.93. The average Bonchev–Trinajstić information content (AvgIpc) is 3.65. The molecule has 5 rings (SSSR count). The second-order valence-electron chi connectivity index (χ2n) is 11.2. The molecule has 3 aliphatic rings. The summed E-state index contributed by atoms with van der Waals surface area (Å²) in [6.45, 7) is 3.73. The van der Waals surface area contributed by atoms with Gasteiger partial charge in [0.15, 0.2) is 23.8 Å². The van der Waals surface area contributed by atoms with Gasteiger partial charge in [-0.2, -0.15) is 0 Å². The molecule has 224 valence electrons. The van der Waals surface area contributed by atoms with Gasteiger partial charge >= 0.3 is 6.09 Å². The molecule has 1 saturated carbocycles. The smallest absolute Gasteiger partial charge is 0.409 e. The Morgan fingerprint density at radius 2 is 1.95 bits per heavy atom. The molecule has 4 heterocycles. The minimum absolute atomic E-state index is 0.157. The third kappa shape index (κ3) is 6.44. The number of amides is 2. The maximum Gasteiger partial charge on any atom is 0.409 e. The summed E-state index contributed by atoms with van der Waals surface area (Å²) in [5.41, 5.74) is 6.87. The van der Waals surface area contributed by atoms with E-state index in [2.05, 4.69) is 20.3 Å². The number of piperidine rings is 1. The summed E-state index contributed by atoms with van der Waals surface area (Å²) in [6, 6.07) is 0. The molecule has 0 bridgehead atoms. The number of ether oxygens (including phenoxy) is 2. The van der Waals surface area contributed by atoms with Gasteiger partial charge in [0.05, 0.1) is 12.9 Å². The van der Waals surface area contributed by atoms with Crippen LogP contribution in [-0.4, -0.2) is 97.0 Å². The number of hydrogen-bond acceptors (Lipinski definition) is 11. The number of nitrogen functional groups attached to an aromatic ring is 1. The van der Waals surface area contributed by atoms with Crippen molar-refractivity contribution in [2.75, 3.05) is 32.0 Å². The minimum Gasteiger partial charge on any atom is -0.449 e. The first kappa shape index (κ1) is 29.1. The molecule has 2 saturated heterocycles. The van der Waals surface area contributed by atoms with Gasteiger partial charge in [0.25, 0.3) is 5.91 Å². The summed E-state index contributed by atoms with van der Waals surface area (Å²) in [5.74, 6) is 1.09. The molecule has 3 fully saturated rings. The largest absolute Gasteiger partial charge is 0.449 e. The Kier molecular flexibility index (Phi) is 9.00. The maximum absolute atomic E-state index is 12.4. The van der Waals surface area contributed by atoms with Gasteiger partial charge in [0.2, 0.25) is 0 Å². The number of hydrogen-bond donors (Lipinski definition) is 4. The molecule has 2 aromatic rings. The summed E-state index contributed by atoms with van der Waals surface area (Å²) in [6.07, 6.45) is 2.07. The summed E-state index contributed by atoms with van der Waals surface area (Å²) in [5, 5.41) is 23.6. The first-order chi connectivity index (χ1) is 19.7. The van der Waals surface area contributed by atoms with E-state index in [9.17, 15) is 24.6 Å². The van der Waals surface area contributed by atoms with Crippen molar-refractivity contribution in [3.8, 4) is 0 Å². The van der Waals surface area contributed by atoms with Crippen LogP contribution in [0.2, 0.25) is 0 Å². The first-order valence-electron chi connectivity index (χ1n) is 14.5. The molecule has 2 unspecified atom stereocenters. The molecule has 14 heteroatoms. The van der Waals surface area contributed by atoms with Gasteiger partial charge in [0, 0.05) is 44.8 Å². The SMILES string of the molecule is CCNC(=O)[C@H]1O[C@@H](n2cnc3c(N)nc(CCCC4CCN(C(=O)OCC5CCC(=O)C5)CC4)nc32)[C@@H](O)C1O. The maximum atomic E-state index is 12.4. The third-order valence-corrected chi connectivity index (χ3v) is 8.29. The van der Waals surface area contributed by atoms with Crippen LogP contribution in [0.15, 0.2) is 6.33 Å². The molecule has 1 aliphatic carbocycles. The molecule has 5 atom stereocenters. The van der Waals surface area contributed by atoms with Gasteiger partial charge in [-0.25, -0.2) is 19.7 Å². The van der Waals surface area contributed by atoms with Crippen molar-refractivity contribution in [1.29, 1.82) is 0 Å². The van der Waals surface area contributed by atoms with Gasteiger partial charge in [-0.1, -0.05) is 0 Å². The first-order valence-corrected chi connectivity index (χ1v) is 14.5. The van der Waals surface area contributed by atoms with E-state index in [1.54, 1.807) is 11.8 Å². The van der Waals surface area contributed by atoms with Crippen molar-refractivity contribution >= 4 is 34.8 Å². The predicted molar refractivity (Wildman–Crippen MR) is 145 cm³/mol. The van der Waals surface area contributed by atoms with E-state index in [1.165, 1.54) is 10.9 Å². The van der Waals surface area contributed by atoms with Crippen LogP contribution in [0.5, 0.6) is 0 Å². The van der Waals surface area contributed by atoms with Gasteiger partial charge < -0.3 is 35.6 Å². The van der Waals surface area contributed by atoms with Crippen molar-refractivity contribution in [2.24, 2.45) is 11.8 Å². The van der Waals surface area contributed by atoms with Crippen LogP contribution in [0.1, 0.15) is 63.9 Å². The monoisotopic (exact) mass is 573 g/mol. The van der Waals surface area contributed by atoms with Crippen molar-refractivity contribution in [3.05, 3.63) is 12.2 Å². The number of fused-ring (bicyclic) bond motifs is 1. The van der Waals surface area contributed by atoms with Crippen LogP contribution in [0.25, 0.3) is 11.2 Å². The van der Waals surface area contributed by atoms with Crippen LogP contribution >= 0.6 is 0 Å². The van der Waals surface area contributed by atoms with Crippen molar-refractivity contribution in [2.45, 2.75) is 82.8 Å². The fraction of sp³-hybridized carbons (Fsp3) is 0.704. The highest BCUT2D eigenvalue weighted by atomic mass is 16.6. The highest BCUT2D eigenvalue weighted by molar-refractivity contribution is 5.83. The number of likely N-dealkylation sites (tertiary alicyclic amines) is 1. The second kappa shape index (κ2) is 12.7.